The largest absolute Gasteiger partial charge is 0.397 e. The van der Waals surface area contributed by atoms with Gasteiger partial charge < -0.3 is 11.1 Å². The molecule has 0 saturated carbocycles. The quantitative estimate of drug-likeness (QED) is 0.776. The van der Waals surface area contributed by atoms with E-state index in [1.54, 1.807) is 17.5 Å². The lowest BCUT2D eigenvalue weighted by molar-refractivity contribution is 0.0959. The zero-order chi connectivity index (χ0) is 14.8. The first-order chi connectivity index (χ1) is 10.1. The minimum absolute atomic E-state index is 0.108. The molecule has 21 heavy (non-hydrogen) atoms. The summed E-state index contributed by atoms with van der Waals surface area (Å²) in [6.45, 7) is 2.59. The minimum Gasteiger partial charge on any atom is -0.397 e. The Morgan fingerprint density at radius 3 is 3.05 bits per heavy atom. The van der Waals surface area contributed by atoms with Gasteiger partial charge in [-0.2, -0.15) is 0 Å². The number of aromatic nitrogens is 1. The molecule has 0 bridgehead atoms. The zero-order valence-electron chi connectivity index (χ0n) is 11.6. The summed E-state index contributed by atoms with van der Waals surface area (Å²) < 4.78 is 1.04. The highest BCUT2D eigenvalue weighted by Crippen LogP contribution is 2.34. The molecule has 3 rings (SSSR count). The van der Waals surface area contributed by atoms with Crippen LogP contribution in [0.2, 0.25) is 0 Å². The number of anilines is 1. The van der Waals surface area contributed by atoms with Gasteiger partial charge in [-0.05, 0) is 19.1 Å². The summed E-state index contributed by atoms with van der Waals surface area (Å²) in [7, 11) is 0. The van der Waals surface area contributed by atoms with Gasteiger partial charge in [-0.1, -0.05) is 11.6 Å². The van der Waals surface area contributed by atoms with Crippen LogP contribution in [0.4, 0.5) is 5.69 Å². The first-order valence-corrected chi connectivity index (χ1v) is 8.30. The van der Waals surface area contributed by atoms with Crippen LogP contribution in [0.25, 0.3) is 10.1 Å². The average molecular weight is 317 g/mol. The number of carbonyl (C=O) groups is 1. The molecule has 1 aromatic carbocycles. The number of rotatable bonds is 4. The van der Waals surface area contributed by atoms with Gasteiger partial charge in [0.1, 0.15) is 4.88 Å². The van der Waals surface area contributed by atoms with E-state index in [9.17, 15) is 4.79 Å². The Kier molecular flexibility index (Phi) is 3.90. The molecule has 0 spiro atoms. The third-order valence-corrected chi connectivity index (χ3v) is 5.22. The molecule has 2 heterocycles. The number of carbonyl (C=O) groups excluding carboxylic acids is 1. The maximum Gasteiger partial charge on any atom is 0.263 e. The fourth-order valence-electron chi connectivity index (χ4n) is 2.14. The molecule has 3 aromatic rings. The smallest absolute Gasteiger partial charge is 0.263 e. The first-order valence-electron chi connectivity index (χ1n) is 6.60. The maximum atomic E-state index is 12.3. The summed E-state index contributed by atoms with van der Waals surface area (Å²) in [6, 6.07) is 6.06. The standard InChI is InChI=1S/C15H15N3OS2/c1-9-2-3-11-10(8-9)13(16)14(21-11)15(19)18-5-4-12-17-6-7-20-12/h2-3,6-8H,4-5,16H2,1H3,(H,18,19). The third kappa shape index (κ3) is 2.91. The van der Waals surface area contributed by atoms with Crippen molar-refractivity contribution in [3.05, 3.63) is 45.2 Å². The third-order valence-electron chi connectivity index (χ3n) is 3.20. The molecular weight excluding hydrogens is 302 g/mol. The molecule has 0 saturated heterocycles. The van der Waals surface area contributed by atoms with Crippen LogP contribution in [-0.2, 0) is 6.42 Å². The molecule has 0 atom stereocenters. The number of hydrogen-bond acceptors (Lipinski definition) is 5. The normalized spacial score (nSPS) is 10.9. The van der Waals surface area contributed by atoms with E-state index in [0.29, 0.717) is 17.1 Å². The molecule has 6 heteroatoms. The van der Waals surface area contributed by atoms with Crippen LogP contribution in [0, 0.1) is 6.92 Å². The predicted octanol–water partition coefficient (Wildman–Crippen LogP) is 3.22. The molecule has 108 valence electrons. The first kappa shape index (κ1) is 14.0. The number of hydrogen-bond donors (Lipinski definition) is 2. The number of nitrogen functional groups attached to an aromatic ring is 1. The van der Waals surface area contributed by atoms with Gasteiger partial charge in [0.05, 0.1) is 10.7 Å². The van der Waals surface area contributed by atoms with E-state index in [2.05, 4.69) is 10.3 Å². The van der Waals surface area contributed by atoms with E-state index in [1.807, 2.05) is 30.5 Å². The molecule has 2 aromatic heterocycles. The van der Waals surface area contributed by atoms with Crippen LogP contribution in [0.5, 0.6) is 0 Å². The monoisotopic (exact) mass is 317 g/mol. The topological polar surface area (TPSA) is 68.0 Å². The van der Waals surface area contributed by atoms with Crippen molar-refractivity contribution in [2.75, 3.05) is 12.3 Å². The fourth-order valence-corrected chi connectivity index (χ4v) is 3.78. The Bertz CT molecular complexity index is 778. The Morgan fingerprint density at radius 2 is 2.29 bits per heavy atom. The Labute approximate surface area is 130 Å². The van der Waals surface area contributed by atoms with Crippen LogP contribution in [-0.4, -0.2) is 17.4 Å². The van der Waals surface area contributed by atoms with Crippen LogP contribution in [0.1, 0.15) is 20.2 Å². The number of amides is 1. The van der Waals surface area contributed by atoms with Crippen molar-refractivity contribution in [1.82, 2.24) is 10.3 Å². The van der Waals surface area contributed by atoms with Gasteiger partial charge in [0.2, 0.25) is 0 Å². The average Bonchev–Trinajstić information content (AvgIpc) is 3.08. The molecule has 0 aliphatic rings. The molecular formula is C15H15N3OS2. The Balaban J connectivity index is 1.73. The predicted molar refractivity (Wildman–Crippen MR) is 89.1 cm³/mol. The minimum atomic E-state index is -0.108. The second-order valence-corrected chi connectivity index (χ2v) is 6.81. The van der Waals surface area contributed by atoms with E-state index >= 15 is 0 Å². The Hall–Kier alpha value is -1.92. The second kappa shape index (κ2) is 5.83. The van der Waals surface area contributed by atoms with Gasteiger partial charge in [0.25, 0.3) is 5.91 Å². The van der Waals surface area contributed by atoms with Gasteiger partial charge in [-0.15, -0.1) is 22.7 Å². The number of nitrogens with one attached hydrogen (secondary N) is 1. The molecule has 0 aliphatic carbocycles. The van der Waals surface area contributed by atoms with Crippen molar-refractivity contribution in [1.29, 1.82) is 0 Å². The summed E-state index contributed by atoms with van der Waals surface area (Å²) in [5.74, 6) is -0.108. The van der Waals surface area contributed by atoms with E-state index in [4.69, 9.17) is 5.73 Å². The molecule has 0 fully saturated rings. The van der Waals surface area contributed by atoms with Crippen LogP contribution >= 0.6 is 22.7 Å². The van der Waals surface area contributed by atoms with Crippen molar-refractivity contribution in [3.63, 3.8) is 0 Å². The molecule has 0 radical (unpaired) electrons. The molecule has 0 unspecified atom stereocenters. The SMILES string of the molecule is Cc1ccc2sc(C(=O)NCCc3nccs3)c(N)c2c1. The Morgan fingerprint density at radius 1 is 1.43 bits per heavy atom. The number of nitrogens with two attached hydrogens (primary N) is 1. The van der Waals surface area contributed by atoms with E-state index < -0.39 is 0 Å². The van der Waals surface area contributed by atoms with Gasteiger partial charge in [0, 0.05) is 34.6 Å². The van der Waals surface area contributed by atoms with Gasteiger partial charge in [-0.3, -0.25) is 4.79 Å². The number of thiazole rings is 1. The fraction of sp³-hybridized carbons (Fsp3) is 0.200. The second-order valence-electron chi connectivity index (χ2n) is 4.78. The van der Waals surface area contributed by atoms with Crippen LogP contribution in [0.15, 0.2) is 29.8 Å². The molecule has 1 amide bonds. The van der Waals surface area contributed by atoms with Gasteiger partial charge >= 0.3 is 0 Å². The zero-order valence-corrected chi connectivity index (χ0v) is 13.2. The molecule has 3 N–H and O–H groups in total. The summed E-state index contributed by atoms with van der Waals surface area (Å²) in [6.07, 6.45) is 2.52. The van der Waals surface area contributed by atoms with Crippen molar-refractivity contribution < 1.29 is 4.79 Å². The lowest BCUT2D eigenvalue weighted by atomic mass is 10.1. The highest BCUT2D eigenvalue weighted by molar-refractivity contribution is 7.21. The van der Waals surface area contributed by atoms with Crippen LogP contribution < -0.4 is 11.1 Å². The van der Waals surface area contributed by atoms with E-state index in [-0.39, 0.29) is 5.91 Å². The summed E-state index contributed by atoms with van der Waals surface area (Å²) in [5.41, 5.74) is 7.83. The number of aryl methyl sites for hydroxylation is 1. The van der Waals surface area contributed by atoms with Crippen molar-refractivity contribution in [2.45, 2.75) is 13.3 Å². The van der Waals surface area contributed by atoms with Crippen molar-refractivity contribution in [2.24, 2.45) is 0 Å². The van der Waals surface area contributed by atoms with Gasteiger partial charge in [-0.25, -0.2) is 4.98 Å². The van der Waals surface area contributed by atoms with E-state index in [1.165, 1.54) is 11.3 Å². The lowest BCUT2D eigenvalue weighted by Crippen LogP contribution is -2.25. The van der Waals surface area contributed by atoms with Crippen LogP contribution in [0.3, 0.4) is 0 Å². The van der Waals surface area contributed by atoms with Gasteiger partial charge in [0.15, 0.2) is 0 Å². The summed E-state index contributed by atoms with van der Waals surface area (Å²) in [5, 5.41) is 6.83. The summed E-state index contributed by atoms with van der Waals surface area (Å²) in [4.78, 5) is 17.0. The summed E-state index contributed by atoms with van der Waals surface area (Å²) >= 11 is 3.03. The highest BCUT2D eigenvalue weighted by Gasteiger charge is 2.16. The highest BCUT2D eigenvalue weighted by atomic mass is 32.1. The number of benzene rings is 1. The maximum absolute atomic E-state index is 12.3. The lowest BCUT2D eigenvalue weighted by Gasteiger charge is -2.02. The van der Waals surface area contributed by atoms with E-state index in [0.717, 1.165) is 27.1 Å². The molecule has 4 nitrogen and oxygen atoms in total. The molecule has 0 aliphatic heterocycles. The number of fused-ring (bicyclic) bond motifs is 1. The van der Waals surface area contributed by atoms with Crippen molar-refractivity contribution in [3.8, 4) is 0 Å². The van der Waals surface area contributed by atoms with Crippen molar-refractivity contribution >= 4 is 44.4 Å². The number of nitrogens with zero attached hydrogens (tertiary/aromatic N) is 1. The number of thiophene rings is 1.